The summed E-state index contributed by atoms with van der Waals surface area (Å²) < 4.78 is 0. The van der Waals surface area contributed by atoms with E-state index < -0.39 is 0 Å². The van der Waals surface area contributed by atoms with Crippen LogP contribution in [0.2, 0.25) is 0 Å². The van der Waals surface area contributed by atoms with Crippen molar-refractivity contribution in [1.82, 2.24) is 5.32 Å². The first kappa shape index (κ1) is 22.2. The molecule has 2 aliphatic rings. The van der Waals surface area contributed by atoms with E-state index in [0.29, 0.717) is 17.4 Å². The minimum absolute atomic E-state index is 0.0893. The molecule has 0 aromatic heterocycles. The predicted molar refractivity (Wildman–Crippen MR) is 130 cm³/mol. The van der Waals surface area contributed by atoms with Crippen molar-refractivity contribution >= 4 is 17.4 Å². The van der Waals surface area contributed by atoms with Gasteiger partial charge in [0.05, 0.1) is 11.6 Å². The summed E-state index contributed by atoms with van der Waals surface area (Å²) in [5, 5.41) is 15.3. The fraction of sp³-hybridized carbons (Fsp3) is 0.481. The maximum atomic E-state index is 12.6. The summed E-state index contributed by atoms with van der Waals surface area (Å²) >= 11 is 0. The van der Waals surface area contributed by atoms with Gasteiger partial charge in [-0.15, -0.1) is 0 Å². The first-order chi connectivity index (χ1) is 15.6. The Morgan fingerprint density at radius 1 is 1.03 bits per heavy atom. The lowest BCUT2D eigenvalue weighted by Crippen LogP contribution is -2.45. The van der Waals surface area contributed by atoms with E-state index in [4.69, 9.17) is 5.26 Å². The number of carbonyl (C=O) groups excluding carboxylic acids is 1. The van der Waals surface area contributed by atoms with Gasteiger partial charge in [0.15, 0.2) is 0 Å². The lowest BCUT2D eigenvalue weighted by molar-refractivity contribution is 0.203. The third kappa shape index (κ3) is 5.82. The molecule has 4 rings (SSSR count). The van der Waals surface area contributed by atoms with Crippen molar-refractivity contribution in [3.8, 4) is 6.07 Å². The van der Waals surface area contributed by atoms with Crippen LogP contribution in [0.5, 0.6) is 0 Å². The highest BCUT2D eigenvalue weighted by Crippen LogP contribution is 2.34. The van der Waals surface area contributed by atoms with Gasteiger partial charge in [-0.05, 0) is 87.3 Å². The molecular weight excluding hydrogens is 396 g/mol. The Kier molecular flexibility index (Phi) is 7.32. The molecule has 0 bridgehead atoms. The average Bonchev–Trinajstić information content (AvgIpc) is 2.82. The number of benzene rings is 2. The van der Waals surface area contributed by atoms with Gasteiger partial charge in [0, 0.05) is 30.5 Å². The number of nitrogens with one attached hydrogen (secondary N) is 2. The Labute approximate surface area is 191 Å². The van der Waals surface area contributed by atoms with Crippen molar-refractivity contribution in [2.45, 2.75) is 57.9 Å². The van der Waals surface area contributed by atoms with Gasteiger partial charge in [-0.3, -0.25) is 0 Å². The monoisotopic (exact) mass is 430 g/mol. The first-order valence-electron chi connectivity index (χ1n) is 12.0. The number of rotatable bonds is 5. The Morgan fingerprint density at radius 2 is 1.78 bits per heavy atom. The first-order valence-corrected chi connectivity index (χ1v) is 12.0. The summed E-state index contributed by atoms with van der Waals surface area (Å²) in [5.41, 5.74) is 3.95. The molecule has 2 aromatic rings. The van der Waals surface area contributed by atoms with Crippen molar-refractivity contribution in [1.29, 1.82) is 5.26 Å². The van der Waals surface area contributed by atoms with E-state index in [2.05, 4.69) is 33.7 Å². The Morgan fingerprint density at radius 3 is 2.53 bits per heavy atom. The van der Waals surface area contributed by atoms with Gasteiger partial charge in [-0.2, -0.15) is 5.26 Å². The molecule has 1 heterocycles. The molecule has 0 radical (unpaired) electrons. The maximum Gasteiger partial charge on any atom is 0.319 e. The number of anilines is 2. The molecule has 5 heteroatoms. The zero-order valence-corrected chi connectivity index (χ0v) is 19.0. The Balaban J connectivity index is 1.33. The Bertz CT molecular complexity index is 932. The van der Waals surface area contributed by atoms with Crippen LogP contribution >= 0.6 is 0 Å². The van der Waals surface area contributed by atoms with Crippen molar-refractivity contribution in [2.75, 3.05) is 23.3 Å². The molecule has 1 saturated carbocycles. The van der Waals surface area contributed by atoms with Crippen LogP contribution in [-0.2, 0) is 0 Å². The van der Waals surface area contributed by atoms with Crippen molar-refractivity contribution in [3.63, 3.8) is 0 Å². The van der Waals surface area contributed by atoms with Crippen LogP contribution in [0.1, 0.15) is 56.1 Å². The number of aryl methyl sites for hydroxylation is 1. The molecule has 2 aromatic carbocycles. The lowest BCUT2D eigenvalue weighted by atomic mass is 9.77. The standard InChI is InChI=1S/C27H34N4O/c1-20-8-12-24(13-9-20)29-27(32)30-26-7-3-2-6-23(26)17-22-5-4-16-31(19-22)25-14-10-21(18-28)11-15-25/h8-15,22-23,26H,2-7,16-17,19H2,1H3,(H2,29,30,32)/t22-,23+,26-/m1/s1. The summed E-state index contributed by atoms with van der Waals surface area (Å²) in [6, 6.07) is 18.3. The number of piperidine rings is 1. The molecule has 1 aliphatic carbocycles. The molecule has 2 N–H and O–H groups in total. The van der Waals surface area contributed by atoms with Crippen LogP contribution in [0.25, 0.3) is 0 Å². The Hall–Kier alpha value is -3.00. The second-order valence-electron chi connectivity index (χ2n) is 9.46. The van der Waals surface area contributed by atoms with Crippen LogP contribution in [0.3, 0.4) is 0 Å². The molecule has 1 saturated heterocycles. The van der Waals surface area contributed by atoms with E-state index in [1.54, 1.807) is 0 Å². The molecule has 168 valence electrons. The highest BCUT2D eigenvalue weighted by molar-refractivity contribution is 5.89. The van der Waals surface area contributed by atoms with Gasteiger partial charge in [0.25, 0.3) is 0 Å². The minimum Gasteiger partial charge on any atom is -0.371 e. The van der Waals surface area contributed by atoms with E-state index >= 15 is 0 Å². The highest BCUT2D eigenvalue weighted by Gasteiger charge is 2.30. The van der Waals surface area contributed by atoms with E-state index in [1.807, 2.05) is 43.3 Å². The fourth-order valence-electron chi connectivity index (χ4n) is 5.32. The SMILES string of the molecule is Cc1ccc(NC(=O)N[C@@H]2CCCC[C@H]2C[C@H]2CCCN(c3ccc(C#N)cc3)C2)cc1. The van der Waals surface area contributed by atoms with Crippen LogP contribution in [0, 0.1) is 30.1 Å². The van der Waals surface area contributed by atoms with Crippen LogP contribution in [0.4, 0.5) is 16.2 Å². The zero-order valence-electron chi connectivity index (χ0n) is 19.0. The van der Waals surface area contributed by atoms with Crippen LogP contribution in [0.15, 0.2) is 48.5 Å². The zero-order chi connectivity index (χ0) is 22.3. The topological polar surface area (TPSA) is 68.2 Å². The number of nitriles is 1. The second-order valence-corrected chi connectivity index (χ2v) is 9.46. The number of nitrogens with zero attached hydrogens (tertiary/aromatic N) is 2. The highest BCUT2D eigenvalue weighted by atomic mass is 16.2. The van der Waals surface area contributed by atoms with Gasteiger partial charge < -0.3 is 15.5 Å². The molecule has 0 unspecified atom stereocenters. The number of hydrogen-bond acceptors (Lipinski definition) is 3. The second kappa shape index (κ2) is 10.5. The quantitative estimate of drug-likeness (QED) is 0.625. The van der Waals surface area contributed by atoms with Crippen molar-refractivity contribution in [2.24, 2.45) is 11.8 Å². The maximum absolute atomic E-state index is 12.6. The molecule has 32 heavy (non-hydrogen) atoms. The fourth-order valence-corrected chi connectivity index (χ4v) is 5.32. The number of urea groups is 1. The summed E-state index contributed by atoms with van der Waals surface area (Å²) in [5.74, 6) is 1.19. The number of amides is 2. The largest absolute Gasteiger partial charge is 0.371 e. The molecule has 2 fully saturated rings. The third-order valence-corrected chi connectivity index (χ3v) is 7.05. The molecule has 0 spiro atoms. The van der Waals surface area contributed by atoms with Crippen LogP contribution < -0.4 is 15.5 Å². The van der Waals surface area contributed by atoms with Gasteiger partial charge in [0.2, 0.25) is 0 Å². The minimum atomic E-state index is -0.0893. The summed E-state index contributed by atoms with van der Waals surface area (Å²) in [4.78, 5) is 15.1. The van der Waals surface area contributed by atoms with Crippen LogP contribution in [-0.4, -0.2) is 25.2 Å². The molecule has 2 amide bonds. The predicted octanol–water partition coefficient (Wildman–Crippen LogP) is 5.85. The average molecular weight is 431 g/mol. The van der Waals surface area contributed by atoms with E-state index in [9.17, 15) is 4.79 Å². The van der Waals surface area contributed by atoms with E-state index in [0.717, 1.165) is 25.2 Å². The number of carbonyl (C=O) groups is 1. The van der Waals surface area contributed by atoms with Gasteiger partial charge >= 0.3 is 6.03 Å². The molecule has 3 atom stereocenters. The molecule has 1 aliphatic heterocycles. The van der Waals surface area contributed by atoms with Gasteiger partial charge in [0.1, 0.15) is 0 Å². The van der Waals surface area contributed by atoms with Crippen molar-refractivity contribution in [3.05, 3.63) is 59.7 Å². The van der Waals surface area contributed by atoms with Crippen molar-refractivity contribution < 1.29 is 4.79 Å². The van der Waals surface area contributed by atoms with E-state index in [1.165, 1.54) is 49.8 Å². The lowest BCUT2D eigenvalue weighted by Gasteiger charge is -2.39. The summed E-state index contributed by atoms with van der Waals surface area (Å²) in [6.07, 6.45) is 8.33. The molecule has 5 nitrogen and oxygen atoms in total. The third-order valence-electron chi connectivity index (χ3n) is 7.05. The summed E-state index contributed by atoms with van der Waals surface area (Å²) in [6.45, 7) is 4.18. The summed E-state index contributed by atoms with van der Waals surface area (Å²) in [7, 11) is 0. The van der Waals surface area contributed by atoms with E-state index in [-0.39, 0.29) is 12.1 Å². The van der Waals surface area contributed by atoms with Gasteiger partial charge in [-0.25, -0.2) is 4.79 Å². The molecular formula is C27H34N4O. The smallest absolute Gasteiger partial charge is 0.319 e. The number of hydrogen-bond donors (Lipinski definition) is 2. The normalized spacial score (nSPS) is 23.2. The van der Waals surface area contributed by atoms with Gasteiger partial charge in [-0.1, -0.05) is 30.5 Å².